The van der Waals surface area contributed by atoms with Gasteiger partial charge in [0.1, 0.15) is 5.69 Å². The zero-order chi connectivity index (χ0) is 21.0. The molecule has 3 rings (SSSR count). The van der Waals surface area contributed by atoms with Crippen molar-refractivity contribution in [2.24, 2.45) is 7.05 Å². The van der Waals surface area contributed by atoms with Crippen LogP contribution in [0.3, 0.4) is 0 Å². The maximum absolute atomic E-state index is 12.4. The lowest BCUT2D eigenvalue weighted by molar-refractivity contribution is -0.384. The van der Waals surface area contributed by atoms with E-state index in [1.54, 1.807) is 23.9 Å². The highest BCUT2D eigenvalue weighted by molar-refractivity contribution is 7.71. The van der Waals surface area contributed by atoms with E-state index < -0.39 is 10.8 Å². The van der Waals surface area contributed by atoms with Crippen LogP contribution in [0.4, 0.5) is 11.4 Å². The normalized spacial score (nSPS) is 11.7. The summed E-state index contributed by atoms with van der Waals surface area (Å²) in [5.74, 6) is 0.0895. The molecule has 10 nitrogen and oxygen atoms in total. The fourth-order valence-electron chi connectivity index (χ4n) is 2.68. The summed E-state index contributed by atoms with van der Waals surface area (Å²) in [6.45, 7) is 1.98. The topological polar surface area (TPSA) is 131 Å². The van der Waals surface area contributed by atoms with E-state index in [0.29, 0.717) is 16.3 Å². The molecule has 3 aromatic rings. The molecule has 1 unspecified atom stereocenters. The minimum absolute atomic E-state index is 0.132. The molecule has 29 heavy (non-hydrogen) atoms. The van der Waals surface area contributed by atoms with Crippen LogP contribution >= 0.6 is 12.2 Å². The first-order valence-electron chi connectivity index (χ1n) is 8.71. The Morgan fingerprint density at radius 1 is 1.38 bits per heavy atom. The number of carbonyl (C=O) groups excluding carboxylic acids is 1. The van der Waals surface area contributed by atoms with Gasteiger partial charge in [0.2, 0.25) is 0 Å². The van der Waals surface area contributed by atoms with Crippen molar-refractivity contribution in [1.82, 2.24) is 25.1 Å². The zero-order valence-electron chi connectivity index (χ0n) is 15.7. The Morgan fingerprint density at radius 2 is 2.17 bits per heavy atom. The van der Waals surface area contributed by atoms with E-state index in [-0.39, 0.29) is 23.8 Å². The summed E-state index contributed by atoms with van der Waals surface area (Å²) in [7, 11) is 1.72. The molecule has 1 atom stereocenters. The largest absolute Gasteiger partial charge is 0.371 e. The molecular formula is C18H19N7O3S. The molecule has 1 aromatic carbocycles. The van der Waals surface area contributed by atoms with Gasteiger partial charge < -0.3 is 15.2 Å². The fourth-order valence-corrected chi connectivity index (χ4v) is 2.84. The molecule has 3 N–H and O–H groups in total. The molecule has 150 valence electrons. The van der Waals surface area contributed by atoms with Crippen molar-refractivity contribution in [3.63, 3.8) is 0 Å². The summed E-state index contributed by atoms with van der Waals surface area (Å²) in [5.41, 5.74) is 1.03. The van der Waals surface area contributed by atoms with Crippen molar-refractivity contribution in [3.8, 4) is 0 Å². The lowest BCUT2D eigenvalue weighted by Crippen LogP contribution is -2.24. The van der Waals surface area contributed by atoms with Crippen LogP contribution in [0.25, 0.3) is 0 Å². The van der Waals surface area contributed by atoms with Gasteiger partial charge in [-0.15, -0.1) is 0 Å². The van der Waals surface area contributed by atoms with Crippen molar-refractivity contribution >= 4 is 29.5 Å². The molecule has 1 amide bonds. The third-order valence-electron chi connectivity index (χ3n) is 4.34. The number of hydrogen-bond donors (Lipinski definition) is 3. The second-order valence-corrected chi connectivity index (χ2v) is 6.68. The summed E-state index contributed by atoms with van der Waals surface area (Å²) >= 11 is 5.02. The molecule has 11 heteroatoms. The van der Waals surface area contributed by atoms with Crippen LogP contribution in [0.1, 0.15) is 34.8 Å². The van der Waals surface area contributed by atoms with Crippen molar-refractivity contribution < 1.29 is 9.72 Å². The van der Waals surface area contributed by atoms with Crippen molar-refractivity contribution in [3.05, 3.63) is 74.6 Å². The van der Waals surface area contributed by atoms with Gasteiger partial charge in [-0.25, -0.2) is 0 Å². The van der Waals surface area contributed by atoms with E-state index in [2.05, 4.69) is 25.8 Å². The average Bonchev–Trinajstić information content (AvgIpc) is 3.04. The molecule has 0 bridgehead atoms. The van der Waals surface area contributed by atoms with E-state index in [1.165, 1.54) is 18.2 Å². The number of nitrogens with one attached hydrogen (secondary N) is 3. The highest BCUT2D eigenvalue weighted by atomic mass is 32.1. The monoisotopic (exact) mass is 413 g/mol. The van der Waals surface area contributed by atoms with E-state index >= 15 is 0 Å². The SMILES string of the molecule is CC(Nc1ccc(C(=O)NCc2n[nH]c(=S)n2C)cc1[N+](=O)[O-])c1ccccn1. The van der Waals surface area contributed by atoms with Crippen molar-refractivity contribution in [1.29, 1.82) is 0 Å². The quantitative estimate of drug-likeness (QED) is 0.308. The Bertz CT molecular complexity index is 1090. The molecule has 2 aromatic heterocycles. The van der Waals surface area contributed by atoms with E-state index in [1.807, 2.05) is 19.1 Å². The third-order valence-corrected chi connectivity index (χ3v) is 4.70. The lowest BCUT2D eigenvalue weighted by Gasteiger charge is -2.15. The van der Waals surface area contributed by atoms with Gasteiger partial charge >= 0.3 is 0 Å². The Hall–Kier alpha value is -3.60. The molecule has 0 aliphatic heterocycles. The number of amides is 1. The molecule has 0 aliphatic carbocycles. The van der Waals surface area contributed by atoms with Gasteiger partial charge in [-0.3, -0.25) is 25.0 Å². The van der Waals surface area contributed by atoms with Crippen LogP contribution in [0.2, 0.25) is 0 Å². The Balaban J connectivity index is 1.76. The second-order valence-electron chi connectivity index (χ2n) is 6.30. The summed E-state index contributed by atoms with van der Waals surface area (Å²) < 4.78 is 2.06. The number of hydrogen-bond acceptors (Lipinski definition) is 7. The molecule has 0 spiro atoms. The molecule has 0 saturated carbocycles. The predicted molar refractivity (Wildman–Crippen MR) is 109 cm³/mol. The van der Waals surface area contributed by atoms with Crippen LogP contribution in [-0.2, 0) is 13.6 Å². The van der Waals surface area contributed by atoms with Crippen LogP contribution in [0.15, 0.2) is 42.6 Å². The molecule has 2 heterocycles. The maximum Gasteiger partial charge on any atom is 0.293 e. The third kappa shape index (κ3) is 4.63. The van der Waals surface area contributed by atoms with Crippen LogP contribution in [0.5, 0.6) is 0 Å². The fraction of sp³-hybridized carbons (Fsp3) is 0.222. The molecule has 0 fully saturated rings. The standard InChI is InChI=1S/C18H19N7O3S/c1-11(13-5-3-4-8-19-13)21-14-7-6-12(9-15(14)25(27)28)17(26)20-10-16-22-23-18(29)24(16)2/h3-9,11,21H,10H2,1-2H3,(H,20,26)(H,23,29). The number of pyridine rings is 1. The minimum atomic E-state index is -0.526. The lowest BCUT2D eigenvalue weighted by atomic mass is 10.1. The summed E-state index contributed by atoms with van der Waals surface area (Å²) in [4.78, 5) is 27.7. The summed E-state index contributed by atoms with van der Waals surface area (Å²) in [6, 6.07) is 9.50. The Morgan fingerprint density at radius 3 is 2.79 bits per heavy atom. The van der Waals surface area contributed by atoms with Crippen LogP contribution < -0.4 is 10.6 Å². The number of aromatic nitrogens is 4. The molecule has 0 radical (unpaired) electrons. The average molecular weight is 413 g/mol. The number of nitro groups is 1. The second kappa shape index (κ2) is 8.61. The van der Waals surface area contributed by atoms with Gasteiger partial charge in [-0.05, 0) is 43.4 Å². The van der Waals surface area contributed by atoms with E-state index in [4.69, 9.17) is 12.2 Å². The van der Waals surface area contributed by atoms with Crippen LogP contribution in [0, 0.1) is 14.9 Å². The molecular weight excluding hydrogens is 394 g/mol. The highest BCUT2D eigenvalue weighted by Gasteiger charge is 2.20. The van der Waals surface area contributed by atoms with Gasteiger partial charge in [0.05, 0.1) is 23.2 Å². The predicted octanol–water partition coefficient (Wildman–Crippen LogP) is 2.88. The van der Waals surface area contributed by atoms with Crippen molar-refractivity contribution in [2.45, 2.75) is 19.5 Å². The minimum Gasteiger partial charge on any atom is -0.371 e. The highest BCUT2D eigenvalue weighted by Crippen LogP contribution is 2.28. The Kier molecular flexibility index (Phi) is 5.98. The smallest absolute Gasteiger partial charge is 0.293 e. The number of anilines is 1. The van der Waals surface area contributed by atoms with Crippen molar-refractivity contribution in [2.75, 3.05) is 5.32 Å². The molecule has 0 aliphatic rings. The van der Waals surface area contributed by atoms with Crippen LogP contribution in [-0.4, -0.2) is 30.6 Å². The number of H-pyrrole nitrogens is 1. The first-order chi connectivity index (χ1) is 13.9. The van der Waals surface area contributed by atoms with E-state index in [0.717, 1.165) is 5.69 Å². The number of carbonyl (C=O) groups is 1. The Labute approximate surface area is 171 Å². The number of benzene rings is 1. The first-order valence-corrected chi connectivity index (χ1v) is 9.12. The van der Waals surface area contributed by atoms with Gasteiger partial charge in [0.15, 0.2) is 10.6 Å². The van der Waals surface area contributed by atoms with Gasteiger partial charge in [-0.1, -0.05) is 6.07 Å². The van der Waals surface area contributed by atoms with Gasteiger partial charge in [0.25, 0.3) is 11.6 Å². The zero-order valence-corrected chi connectivity index (χ0v) is 16.6. The first kappa shape index (κ1) is 20.1. The number of rotatable bonds is 7. The van der Waals surface area contributed by atoms with Gasteiger partial charge in [-0.2, -0.15) is 5.10 Å². The number of aromatic amines is 1. The van der Waals surface area contributed by atoms with E-state index in [9.17, 15) is 14.9 Å². The number of nitrogens with zero attached hydrogens (tertiary/aromatic N) is 4. The maximum atomic E-state index is 12.4. The summed E-state index contributed by atoms with van der Waals surface area (Å²) in [6.07, 6.45) is 1.66. The molecule has 0 saturated heterocycles. The number of nitro benzene ring substituents is 1. The van der Waals surface area contributed by atoms with Gasteiger partial charge in [0, 0.05) is 24.9 Å². The summed E-state index contributed by atoms with van der Waals surface area (Å²) in [5, 5.41) is 23.9.